The van der Waals surface area contributed by atoms with E-state index in [9.17, 15) is 4.79 Å². The molecule has 3 nitrogen and oxygen atoms in total. The summed E-state index contributed by atoms with van der Waals surface area (Å²) in [6.07, 6.45) is -0.260. The Hall–Kier alpha value is -0.800. The zero-order chi connectivity index (χ0) is 9.02. The van der Waals surface area contributed by atoms with Crippen molar-refractivity contribution in [3.05, 3.63) is 23.3 Å². The first-order valence-electron chi connectivity index (χ1n) is 2.90. The lowest BCUT2D eigenvalue weighted by molar-refractivity contribution is -0.144. The van der Waals surface area contributed by atoms with Gasteiger partial charge >= 0.3 is 5.97 Å². The second kappa shape index (κ2) is 4.16. The Balaban J connectivity index is 4.59. The summed E-state index contributed by atoms with van der Waals surface area (Å²) < 4.78 is 0. The molecule has 0 saturated heterocycles. The van der Waals surface area contributed by atoms with E-state index < -0.39 is 12.1 Å². The van der Waals surface area contributed by atoms with Crippen LogP contribution >= 0.6 is 11.6 Å². The van der Waals surface area contributed by atoms with Crippen molar-refractivity contribution in [3.63, 3.8) is 0 Å². The third kappa shape index (κ3) is 2.74. The minimum absolute atomic E-state index is 0.167. The third-order valence-electron chi connectivity index (χ3n) is 1.20. The molecule has 0 spiro atoms. The zero-order valence-electron chi connectivity index (χ0n) is 6.04. The highest BCUT2D eigenvalue weighted by Crippen LogP contribution is 2.13. The van der Waals surface area contributed by atoms with Crippen molar-refractivity contribution in [2.24, 2.45) is 0 Å². The average Bonchev–Trinajstić information content (AvgIpc) is 2.00. The molecule has 11 heavy (non-hydrogen) atoms. The number of aliphatic carboxylic acids is 1. The van der Waals surface area contributed by atoms with Gasteiger partial charge in [0.25, 0.3) is 0 Å². The van der Waals surface area contributed by atoms with Gasteiger partial charge in [0.15, 0.2) is 6.10 Å². The lowest BCUT2D eigenvalue weighted by atomic mass is 10.1. The van der Waals surface area contributed by atoms with E-state index in [1.165, 1.54) is 13.0 Å². The lowest BCUT2D eigenvalue weighted by Gasteiger charge is -2.05. The molecule has 0 aliphatic rings. The molecular weight excluding hydrogens is 168 g/mol. The average molecular weight is 177 g/mol. The van der Waals surface area contributed by atoms with Gasteiger partial charge in [-0.25, -0.2) is 4.79 Å². The summed E-state index contributed by atoms with van der Waals surface area (Å²) in [4.78, 5) is 10.2. The summed E-state index contributed by atoms with van der Waals surface area (Å²) in [7, 11) is 0. The van der Waals surface area contributed by atoms with Crippen LogP contribution in [0.4, 0.5) is 0 Å². The van der Waals surface area contributed by atoms with Gasteiger partial charge in [0, 0.05) is 5.03 Å². The zero-order valence-corrected chi connectivity index (χ0v) is 6.80. The Kier molecular flexibility index (Phi) is 3.85. The molecule has 62 valence electrons. The molecule has 2 N–H and O–H groups in total. The van der Waals surface area contributed by atoms with Crippen molar-refractivity contribution < 1.29 is 15.0 Å². The number of carboxylic acids is 1. The molecule has 0 fully saturated rings. The van der Waals surface area contributed by atoms with E-state index in [-0.39, 0.29) is 10.6 Å². The van der Waals surface area contributed by atoms with E-state index >= 15 is 0 Å². The summed E-state index contributed by atoms with van der Waals surface area (Å²) >= 11 is 5.49. The number of hydrogen-bond donors (Lipinski definition) is 2. The molecule has 0 rings (SSSR count). The first-order valence-corrected chi connectivity index (χ1v) is 3.28. The highest BCUT2D eigenvalue weighted by molar-refractivity contribution is 6.31. The molecule has 0 aliphatic carbocycles. The molecular formula is C7H9ClO3. The summed E-state index contributed by atoms with van der Waals surface area (Å²) in [6.45, 7) is 4.76. The van der Waals surface area contributed by atoms with Crippen LogP contribution in [-0.2, 0) is 4.79 Å². The van der Waals surface area contributed by atoms with Crippen molar-refractivity contribution in [1.82, 2.24) is 0 Å². The summed E-state index contributed by atoms with van der Waals surface area (Å²) in [6, 6.07) is 0. The number of aliphatic hydroxyl groups is 1. The molecule has 0 heterocycles. The molecule has 0 aromatic carbocycles. The van der Waals surface area contributed by atoms with Crippen molar-refractivity contribution in [3.8, 4) is 0 Å². The number of rotatable bonds is 3. The van der Waals surface area contributed by atoms with Gasteiger partial charge in [-0.2, -0.15) is 0 Å². The maximum absolute atomic E-state index is 10.2. The van der Waals surface area contributed by atoms with Crippen LogP contribution in [0.2, 0.25) is 0 Å². The fourth-order valence-corrected chi connectivity index (χ4v) is 0.580. The summed E-state index contributed by atoms with van der Waals surface area (Å²) in [5, 5.41) is 17.4. The smallest absolute Gasteiger partial charge is 0.336 e. The fourth-order valence-electron chi connectivity index (χ4n) is 0.477. The second-order valence-electron chi connectivity index (χ2n) is 1.98. The Bertz CT molecular complexity index is 208. The molecule has 1 unspecified atom stereocenters. The first kappa shape index (κ1) is 10.2. The number of halogens is 1. The predicted molar refractivity (Wildman–Crippen MR) is 42.4 cm³/mol. The van der Waals surface area contributed by atoms with E-state index in [1.807, 2.05) is 0 Å². The molecule has 0 aliphatic heterocycles. The highest BCUT2D eigenvalue weighted by Gasteiger charge is 2.16. The van der Waals surface area contributed by atoms with Gasteiger partial charge in [0.1, 0.15) is 0 Å². The van der Waals surface area contributed by atoms with Gasteiger partial charge in [-0.05, 0) is 12.5 Å². The fraction of sp³-hybridized carbons (Fsp3) is 0.286. The quantitative estimate of drug-likeness (QED) is 0.634. The van der Waals surface area contributed by atoms with E-state index in [1.54, 1.807) is 0 Å². The number of hydrogen-bond acceptors (Lipinski definition) is 2. The van der Waals surface area contributed by atoms with E-state index in [2.05, 4.69) is 6.58 Å². The largest absolute Gasteiger partial charge is 0.479 e. The van der Waals surface area contributed by atoms with E-state index in [0.29, 0.717) is 0 Å². The SMILES string of the molecule is C=C/C(Cl)=C(\C)C(O)C(=O)O. The van der Waals surface area contributed by atoms with Crippen LogP contribution in [0.25, 0.3) is 0 Å². The van der Waals surface area contributed by atoms with Crippen molar-refractivity contribution in [2.75, 3.05) is 0 Å². The van der Waals surface area contributed by atoms with Crippen LogP contribution in [-0.4, -0.2) is 22.3 Å². The van der Waals surface area contributed by atoms with Crippen LogP contribution < -0.4 is 0 Å². The van der Waals surface area contributed by atoms with Crippen LogP contribution in [0.3, 0.4) is 0 Å². The Labute approximate surface area is 69.6 Å². The summed E-state index contributed by atoms with van der Waals surface area (Å²) in [5.74, 6) is -1.32. The van der Waals surface area contributed by atoms with Gasteiger partial charge in [-0.15, -0.1) is 0 Å². The van der Waals surface area contributed by atoms with Crippen molar-refractivity contribution >= 4 is 17.6 Å². The van der Waals surface area contributed by atoms with Gasteiger partial charge < -0.3 is 10.2 Å². The number of carbonyl (C=O) groups is 1. The lowest BCUT2D eigenvalue weighted by Crippen LogP contribution is -2.21. The maximum atomic E-state index is 10.2. The second-order valence-corrected chi connectivity index (χ2v) is 2.38. The molecule has 0 radical (unpaired) electrons. The van der Waals surface area contributed by atoms with Crippen LogP contribution in [0.1, 0.15) is 6.92 Å². The monoisotopic (exact) mass is 176 g/mol. The van der Waals surface area contributed by atoms with Crippen LogP contribution in [0.5, 0.6) is 0 Å². The summed E-state index contributed by atoms with van der Waals surface area (Å²) in [5.41, 5.74) is 0.189. The highest BCUT2D eigenvalue weighted by atomic mass is 35.5. The standard InChI is InChI=1S/C7H9ClO3/c1-3-5(8)4(2)6(9)7(10)11/h3,6,9H,1H2,2H3,(H,10,11)/b5-4-. The van der Waals surface area contributed by atoms with Gasteiger partial charge in [0.2, 0.25) is 0 Å². The Morgan fingerprint density at radius 3 is 2.45 bits per heavy atom. The van der Waals surface area contributed by atoms with Crippen LogP contribution in [0.15, 0.2) is 23.3 Å². The van der Waals surface area contributed by atoms with Crippen molar-refractivity contribution in [2.45, 2.75) is 13.0 Å². The van der Waals surface area contributed by atoms with E-state index in [4.69, 9.17) is 21.8 Å². The molecule has 0 bridgehead atoms. The third-order valence-corrected chi connectivity index (χ3v) is 1.65. The first-order chi connectivity index (χ1) is 5.00. The molecule has 0 amide bonds. The van der Waals surface area contributed by atoms with Gasteiger partial charge in [0.05, 0.1) is 0 Å². The molecule has 0 aromatic heterocycles. The van der Waals surface area contributed by atoms with Crippen LogP contribution in [0, 0.1) is 0 Å². The number of carboxylic acid groups (broad SMARTS) is 1. The van der Waals surface area contributed by atoms with Crippen molar-refractivity contribution in [1.29, 1.82) is 0 Å². The normalized spacial score (nSPS) is 15.2. The van der Waals surface area contributed by atoms with Gasteiger partial charge in [-0.3, -0.25) is 0 Å². The number of allylic oxidation sites excluding steroid dienone is 2. The number of aliphatic hydroxyl groups excluding tert-OH is 1. The van der Waals surface area contributed by atoms with E-state index in [0.717, 1.165) is 0 Å². The molecule has 4 heteroatoms. The molecule has 0 saturated carbocycles. The Morgan fingerprint density at radius 2 is 2.18 bits per heavy atom. The topological polar surface area (TPSA) is 57.5 Å². The minimum Gasteiger partial charge on any atom is -0.479 e. The Morgan fingerprint density at radius 1 is 1.73 bits per heavy atom. The minimum atomic E-state index is -1.54. The maximum Gasteiger partial charge on any atom is 0.336 e. The molecule has 0 aromatic rings. The predicted octanol–water partition coefficient (Wildman–Crippen LogP) is 1.13. The van der Waals surface area contributed by atoms with Gasteiger partial charge in [-0.1, -0.05) is 24.3 Å². The molecule has 1 atom stereocenters.